The molecule has 0 aliphatic carbocycles. The van der Waals surface area contributed by atoms with Crippen LogP contribution in [0, 0.1) is 25.2 Å². The molecule has 130 valence electrons. The summed E-state index contributed by atoms with van der Waals surface area (Å²) in [6, 6.07) is 15.4. The lowest BCUT2D eigenvalue weighted by molar-refractivity contribution is -0.117. The molecule has 0 unspecified atom stereocenters. The third-order valence-corrected chi connectivity index (χ3v) is 3.82. The number of carbonyl (C=O) groups excluding carboxylic acids is 1. The molecular weight excluding hydrogens is 314 g/mol. The van der Waals surface area contributed by atoms with Crippen LogP contribution in [0.15, 0.2) is 42.5 Å². The van der Waals surface area contributed by atoms with Gasteiger partial charge in [-0.2, -0.15) is 5.26 Å². The minimum atomic E-state index is -0.102. The smallest absolute Gasteiger partial charge is 0.246 e. The van der Waals surface area contributed by atoms with E-state index in [1.54, 1.807) is 4.90 Å². The highest BCUT2D eigenvalue weighted by molar-refractivity contribution is 5.96. The van der Waals surface area contributed by atoms with Crippen molar-refractivity contribution in [2.75, 3.05) is 23.3 Å². The Balaban J connectivity index is 2.13. The molecule has 0 spiro atoms. The van der Waals surface area contributed by atoms with Gasteiger partial charge in [-0.1, -0.05) is 18.2 Å². The molecular formula is C20H23N3O2. The summed E-state index contributed by atoms with van der Waals surface area (Å²) in [7, 11) is 0. The van der Waals surface area contributed by atoms with E-state index in [0.717, 1.165) is 28.1 Å². The topological polar surface area (TPSA) is 76.4 Å². The van der Waals surface area contributed by atoms with E-state index in [-0.39, 0.29) is 25.5 Å². The minimum absolute atomic E-state index is 0.0413. The number of nitriles is 1. The van der Waals surface area contributed by atoms with Crippen LogP contribution in [0.1, 0.15) is 23.1 Å². The zero-order valence-electron chi connectivity index (χ0n) is 14.6. The van der Waals surface area contributed by atoms with Gasteiger partial charge in [0.25, 0.3) is 0 Å². The van der Waals surface area contributed by atoms with Gasteiger partial charge < -0.3 is 15.3 Å². The van der Waals surface area contributed by atoms with Crippen LogP contribution in [0.3, 0.4) is 0 Å². The van der Waals surface area contributed by atoms with Crippen LogP contribution < -0.4 is 10.2 Å². The number of aliphatic hydroxyl groups is 1. The van der Waals surface area contributed by atoms with E-state index in [9.17, 15) is 9.90 Å². The molecule has 2 aromatic carbocycles. The molecule has 0 saturated carbocycles. The average molecular weight is 337 g/mol. The van der Waals surface area contributed by atoms with E-state index in [2.05, 4.69) is 17.5 Å². The van der Waals surface area contributed by atoms with Gasteiger partial charge in [-0.3, -0.25) is 4.79 Å². The van der Waals surface area contributed by atoms with Gasteiger partial charge in [0.05, 0.1) is 25.6 Å². The number of hydrogen-bond acceptors (Lipinski definition) is 4. The van der Waals surface area contributed by atoms with Gasteiger partial charge >= 0.3 is 0 Å². The molecule has 5 heteroatoms. The minimum Gasteiger partial charge on any atom is -0.392 e. The van der Waals surface area contributed by atoms with Gasteiger partial charge in [-0.25, -0.2) is 0 Å². The molecule has 0 heterocycles. The number of rotatable bonds is 7. The molecule has 0 aliphatic heterocycles. The van der Waals surface area contributed by atoms with Gasteiger partial charge in [-0.05, 0) is 54.8 Å². The molecule has 1 amide bonds. The summed E-state index contributed by atoms with van der Waals surface area (Å²) in [5.74, 6) is -0.102. The Labute approximate surface area is 148 Å². The first-order chi connectivity index (χ1) is 12.0. The van der Waals surface area contributed by atoms with Crippen molar-refractivity contribution in [3.8, 4) is 6.07 Å². The van der Waals surface area contributed by atoms with Crippen molar-refractivity contribution in [1.82, 2.24) is 0 Å². The van der Waals surface area contributed by atoms with Crippen LogP contribution in [-0.4, -0.2) is 24.1 Å². The predicted molar refractivity (Wildman–Crippen MR) is 99.4 cm³/mol. The number of nitrogens with zero attached hydrogens (tertiary/aromatic N) is 2. The number of anilines is 2. The summed E-state index contributed by atoms with van der Waals surface area (Å²) in [6.07, 6.45) is 0.277. The van der Waals surface area contributed by atoms with Crippen LogP contribution in [-0.2, 0) is 11.4 Å². The maximum atomic E-state index is 12.7. The summed E-state index contributed by atoms with van der Waals surface area (Å²) in [6.45, 7) is 4.41. The molecule has 2 N–H and O–H groups in total. The summed E-state index contributed by atoms with van der Waals surface area (Å²) in [4.78, 5) is 14.3. The van der Waals surface area contributed by atoms with Gasteiger partial charge in [0.1, 0.15) is 0 Å². The van der Waals surface area contributed by atoms with Crippen molar-refractivity contribution in [2.45, 2.75) is 26.9 Å². The van der Waals surface area contributed by atoms with E-state index in [4.69, 9.17) is 5.26 Å². The van der Waals surface area contributed by atoms with Crippen LogP contribution >= 0.6 is 0 Å². The van der Waals surface area contributed by atoms with Gasteiger partial charge in [0.15, 0.2) is 0 Å². The molecule has 25 heavy (non-hydrogen) atoms. The van der Waals surface area contributed by atoms with Crippen LogP contribution in [0.2, 0.25) is 0 Å². The van der Waals surface area contributed by atoms with Crippen molar-refractivity contribution >= 4 is 17.3 Å². The second-order valence-electron chi connectivity index (χ2n) is 6.01. The molecule has 0 saturated heterocycles. The molecule has 2 aromatic rings. The maximum absolute atomic E-state index is 12.7. The normalized spacial score (nSPS) is 10.2. The first kappa shape index (κ1) is 18.5. The fourth-order valence-corrected chi connectivity index (χ4v) is 2.72. The standard InChI is InChI=1S/C20H23N3O2/c1-15-9-16(2)11-19(10-15)23(8-4-7-21)20(25)13-22-18-6-3-5-17(12-18)14-24/h3,5-6,9-12,22,24H,4,8,13-14H2,1-2H3. The molecule has 2 rings (SSSR count). The van der Waals surface area contributed by atoms with Crippen LogP contribution in [0.4, 0.5) is 11.4 Å². The van der Waals surface area contributed by atoms with E-state index >= 15 is 0 Å². The summed E-state index contributed by atoms with van der Waals surface area (Å²) in [5, 5.41) is 21.2. The monoisotopic (exact) mass is 337 g/mol. The molecule has 0 aromatic heterocycles. The highest BCUT2D eigenvalue weighted by Crippen LogP contribution is 2.20. The largest absolute Gasteiger partial charge is 0.392 e. The highest BCUT2D eigenvalue weighted by atomic mass is 16.3. The molecule has 0 radical (unpaired) electrons. The average Bonchev–Trinajstić information content (AvgIpc) is 2.59. The second-order valence-corrected chi connectivity index (χ2v) is 6.01. The summed E-state index contributed by atoms with van der Waals surface area (Å²) < 4.78 is 0. The Morgan fingerprint density at radius 2 is 1.92 bits per heavy atom. The van der Waals surface area contributed by atoms with E-state index in [1.165, 1.54) is 0 Å². The number of carbonyl (C=O) groups is 1. The predicted octanol–water partition coefficient (Wildman–Crippen LogP) is 3.15. The lowest BCUT2D eigenvalue weighted by Gasteiger charge is -2.23. The number of hydrogen-bond donors (Lipinski definition) is 2. The van der Waals surface area contributed by atoms with E-state index in [1.807, 2.05) is 50.2 Å². The Morgan fingerprint density at radius 3 is 2.56 bits per heavy atom. The number of nitrogens with one attached hydrogen (secondary N) is 1. The Bertz CT molecular complexity index is 761. The maximum Gasteiger partial charge on any atom is 0.246 e. The molecule has 5 nitrogen and oxygen atoms in total. The van der Waals surface area contributed by atoms with Gasteiger partial charge in [0, 0.05) is 17.9 Å². The first-order valence-electron chi connectivity index (χ1n) is 8.23. The SMILES string of the molecule is Cc1cc(C)cc(N(CCC#N)C(=O)CNc2cccc(CO)c2)c1. The Hall–Kier alpha value is -2.84. The number of amides is 1. The van der Waals surface area contributed by atoms with Crippen LogP contribution in [0.5, 0.6) is 0 Å². The zero-order valence-corrected chi connectivity index (χ0v) is 14.6. The molecule has 0 aliphatic rings. The van der Waals surface area contributed by atoms with Crippen LogP contribution in [0.25, 0.3) is 0 Å². The van der Waals surface area contributed by atoms with Crippen molar-refractivity contribution in [2.24, 2.45) is 0 Å². The van der Waals surface area contributed by atoms with Crippen molar-refractivity contribution in [3.63, 3.8) is 0 Å². The second kappa shape index (κ2) is 8.86. The lowest BCUT2D eigenvalue weighted by Crippen LogP contribution is -2.36. The fraction of sp³-hybridized carbons (Fsp3) is 0.300. The van der Waals surface area contributed by atoms with Gasteiger partial charge in [-0.15, -0.1) is 0 Å². The molecule has 0 fully saturated rings. The van der Waals surface area contributed by atoms with Crippen molar-refractivity contribution < 1.29 is 9.90 Å². The Morgan fingerprint density at radius 1 is 1.20 bits per heavy atom. The zero-order chi connectivity index (χ0) is 18.2. The number of aliphatic hydroxyl groups excluding tert-OH is 1. The van der Waals surface area contributed by atoms with E-state index < -0.39 is 0 Å². The molecule has 0 bridgehead atoms. The summed E-state index contributed by atoms with van der Waals surface area (Å²) >= 11 is 0. The third-order valence-electron chi connectivity index (χ3n) is 3.82. The van der Waals surface area contributed by atoms with E-state index in [0.29, 0.717) is 6.54 Å². The number of aryl methyl sites for hydroxylation is 2. The third kappa shape index (κ3) is 5.33. The molecule has 0 atom stereocenters. The number of benzene rings is 2. The Kier molecular flexibility index (Phi) is 6.55. The first-order valence-corrected chi connectivity index (χ1v) is 8.23. The highest BCUT2D eigenvalue weighted by Gasteiger charge is 2.16. The lowest BCUT2D eigenvalue weighted by atomic mass is 10.1. The van der Waals surface area contributed by atoms with Gasteiger partial charge in [0.2, 0.25) is 5.91 Å². The fourth-order valence-electron chi connectivity index (χ4n) is 2.72. The quantitative estimate of drug-likeness (QED) is 0.814. The van der Waals surface area contributed by atoms with Crippen molar-refractivity contribution in [3.05, 3.63) is 59.2 Å². The van der Waals surface area contributed by atoms with Crippen molar-refractivity contribution in [1.29, 1.82) is 5.26 Å². The summed E-state index contributed by atoms with van der Waals surface area (Å²) in [5.41, 5.74) is 4.53.